The van der Waals surface area contributed by atoms with Crippen LogP contribution < -0.4 is 27.1 Å². The van der Waals surface area contributed by atoms with Crippen LogP contribution in [-0.4, -0.2) is 46.5 Å². The van der Waals surface area contributed by atoms with E-state index < -0.39 is 6.29 Å². The first-order valence-electron chi connectivity index (χ1n) is 11.2. The van der Waals surface area contributed by atoms with E-state index in [0.29, 0.717) is 13.1 Å². The van der Waals surface area contributed by atoms with Crippen LogP contribution in [0.3, 0.4) is 0 Å². The zero-order chi connectivity index (χ0) is 23.1. The molecule has 2 unspecified atom stereocenters. The zero-order valence-corrected chi connectivity index (χ0v) is 18.7. The number of amides is 1. The van der Waals surface area contributed by atoms with Crippen molar-refractivity contribution in [1.82, 2.24) is 15.2 Å². The highest BCUT2D eigenvalue weighted by Crippen LogP contribution is 2.34. The van der Waals surface area contributed by atoms with Gasteiger partial charge < -0.3 is 15.5 Å². The number of nitrogens with zero attached hydrogens (tertiary/aromatic N) is 4. The van der Waals surface area contributed by atoms with Crippen molar-refractivity contribution in [3.8, 4) is 0 Å². The van der Waals surface area contributed by atoms with Gasteiger partial charge in [0.25, 0.3) is 0 Å². The first kappa shape index (κ1) is 21.3. The number of hydrogen-bond donors (Lipinski definition) is 4. The van der Waals surface area contributed by atoms with Crippen LogP contribution in [0.4, 0.5) is 11.4 Å². The molecule has 0 bridgehead atoms. The summed E-state index contributed by atoms with van der Waals surface area (Å²) in [6.07, 6.45) is 4.90. The Morgan fingerprint density at radius 3 is 2.61 bits per heavy atom. The molecule has 3 atom stereocenters. The summed E-state index contributed by atoms with van der Waals surface area (Å²) in [5, 5.41) is 9.80. The minimum Gasteiger partial charge on any atom is -0.369 e. The topological polar surface area (TPSA) is 134 Å². The predicted molar refractivity (Wildman–Crippen MR) is 130 cm³/mol. The van der Waals surface area contributed by atoms with Gasteiger partial charge in [0, 0.05) is 29.9 Å². The summed E-state index contributed by atoms with van der Waals surface area (Å²) < 4.78 is 0. The molecule has 1 aromatic heterocycles. The highest BCUT2D eigenvalue weighted by atomic mass is 16.1. The van der Waals surface area contributed by atoms with Gasteiger partial charge in [-0.3, -0.25) is 20.6 Å². The van der Waals surface area contributed by atoms with Crippen LogP contribution in [0.15, 0.2) is 60.4 Å². The smallest absolute Gasteiger partial charge is 0.222 e. The summed E-state index contributed by atoms with van der Waals surface area (Å²) in [4.78, 5) is 16.3. The Labute approximate surface area is 192 Å². The van der Waals surface area contributed by atoms with Crippen molar-refractivity contribution < 1.29 is 4.79 Å². The second kappa shape index (κ2) is 8.42. The van der Waals surface area contributed by atoms with Crippen LogP contribution in [0.1, 0.15) is 18.4 Å². The summed E-state index contributed by atoms with van der Waals surface area (Å²) in [5.74, 6) is 6.14. The number of rotatable bonds is 4. The minimum absolute atomic E-state index is 0.0107. The molecule has 0 spiro atoms. The van der Waals surface area contributed by atoms with Crippen molar-refractivity contribution in [3.63, 3.8) is 0 Å². The van der Waals surface area contributed by atoms with Crippen molar-refractivity contribution in [3.05, 3.63) is 66.0 Å². The van der Waals surface area contributed by atoms with E-state index in [1.807, 2.05) is 18.2 Å². The fourth-order valence-electron chi connectivity index (χ4n) is 4.91. The van der Waals surface area contributed by atoms with Gasteiger partial charge in [-0.05, 0) is 56.2 Å². The number of fused-ring (bicyclic) bond motifs is 1. The number of hydrazine groups is 1. The summed E-state index contributed by atoms with van der Waals surface area (Å²) >= 11 is 0. The Morgan fingerprint density at radius 2 is 1.85 bits per heavy atom. The zero-order valence-electron chi connectivity index (χ0n) is 18.7. The maximum Gasteiger partial charge on any atom is 0.222 e. The van der Waals surface area contributed by atoms with E-state index in [-0.39, 0.29) is 17.9 Å². The molecule has 172 valence electrons. The number of aromatic amines is 1. The van der Waals surface area contributed by atoms with Crippen LogP contribution in [0.2, 0.25) is 0 Å². The molecule has 1 saturated heterocycles. The molecule has 2 aliphatic heterocycles. The number of nitrogens with one attached hydrogen (secondary N) is 1. The second-order valence-corrected chi connectivity index (χ2v) is 8.92. The van der Waals surface area contributed by atoms with Gasteiger partial charge >= 0.3 is 0 Å². The van der Waals surface area contributed by atoms with Crippen molar-refractivity contribution in [2.75, 3.05) is 22.9 Å². The molecule has 9 nitrogen and oxygen atoms in total. The van der Waals surface area contributed by atoms with E-state index in [9.17, 15) is 4.79 Å². The van der Waals surface area contributed by atoms with E-state index >= 15 is 0 Å². The molecule has 1 fully saturated rings. The number of aryl methyl sites for hydroxylation is 1. The maximum atomic E-state index is 12.0. The fourth-order valence-corrected chi connectivity index (χ4v) is 4.91. The summed E-state index contributed by atoms with van der Waals surface area (Å²) in [7, 11) is 0. The molecule has 7 N–H and O–H groups in total. The second-order valence-electron chi connectivity index (χ2n) is 8.92. The van der Waals surface area contributed by atoms with Gasteiger partial charge in [-0.2, -0.15) is 5.10 Å². The molecule has 1 amide bonds. The molecule has 0 radical (unpaired) electrons. The highest BCUT2D eigenvalue weighted by molar-refractivity contribution is 5.82. The Bertz CT molecular complexity index is 1190. The lowest BCUT2D eigenvalue weighted by molar-refractivity contribution is -0.122. The summed E-state index contributed by atoms with van der Waals surface area (Å²) in [6.45, 7) is 3.24. The Hall–Kier alpha value is -3.56. The number of aromatic nitrogens is 2. The number of H-pyrrole nitrogens is 1. The standard InChI is InChI=1S/C24H30N8O/c1-15-2-6-18(7-3-15)31-14-17(23(25)33)5-9-21(31)22-10-11-30(24(26)32(22)27)19-8-4-16-13-28-29-20(16)12-19/h2-4,6-8,10,12-13,17,21,24H,5,9,11,14,26-27H2,1H3,(H2,25,33)(H,28,29)/t17-,21?,24?/m0/s1. The minimum atomic E-state index is -0.529. The molecule has 0 aliphatic carbocycles. The first-order chi connectivity index (χ1) is 15.9. The fraction of sp³-hybridized carbons (Fsp3) is 0.333. The quantitative estimate of drug-likeness (QED) is 0.449. The Morgan fingerprint density at radius 1 is 1.09 bits per heavy atom. The lowest BCUT2D eigenvalue weighted by atomic mass is 9.89. The van der Waals surface area contributed by atoms with Gasteiger partial charge in [0.1, 0.15) is 0 Å². The normalized spacial score (nSPS) is 23.7. The molecule has 33 heavy (non-hydrogen) atoms. The number of carbonyl (C=O) groups excluding carboxylic acids is 1. The van der Waals surface area contributed by atoms with Gasteiger partial charge in [0.15, 0.2) is 6.29 Å². The number of hydrogen-bond acceptors (Lipinski definition) is 7. The van der Waals surface area contributed by atoms with Crippen LogP contribution in [0.25, 0.3) is 10.9 Å². The molecular weight excluding hydrogens is 416 g/mol. The van der Waals surface area contributed by atoms with E-state index in [1.165, 1.54) is 5.56 Å². The van der Waals surface area contributed by atoms with E-state index in [4.69, 9.17) is 17.3 Å². The van der Waals surface area contributed by atoms with Crippen molar-refractivity contribution >= 4 is 28.2 Å². The lowest BCUT2D eigenvalue weighted by Gasteiger charge is -2.48. The predicted octanol–water partition coefficient (Wildman–Crippen LogP) is 1.76. The molecule has 2 aliphatic rings. The van der Waals surface area contributed by atoms with Crippen molar-refractivity contribution in [1.29, 1.82) is 0 Å². The summed E-state index contributed by atoms with van der Waals surface area (Å²) in [5.41, 5.74) is 17.4. The number of benzene rings is 2. The summed E-state index contributed by atoms with van der Waals surface area (Å²) in [6, 6.07) is 14.4. The largest absolute Gasteiger partial charge is 0.369 e. The number of anilines is 2. The third kappa shape index (κ3) is 3.90. The van der Waals surface area contributed by atoms with Gasteiger partial charge in [0.2, 0.25) is 5.91 Å². The molecule has 9 heteroatoms. The molecule has 5 rings (SSSR count). The number of primary amides is 1. The molecule has 2 aromatic carbocycles. The molecule has 3 heterocycles. The van der Waals surface area contributed by atoms with Crippen molar-refractivity contribution in [2.45, 2.75) is 32.1 Å². The van der Waals surface area contributed by atoms with Crippen LogP contribution >= 0.6 is 0 Å². The van der Waals surface area contributed by atoms with Gasteiger partial charge in [0.05, 0.1) is 29.4 Å². The number of piperidine rings is 1. The van der Waals surface area contributed by atoms with Crippen LogP contribution in [0, 0.1) is 12.8 Å². The van der Waals surface area contributed by atoms with Crippen molar-refractivity contribution in [2.24, 2.45) is 23.2 Å². The highest BCUT2D eigenvalue weighted by Gasteiger charge is 2.38. The third-order valence-corrected chi connectivity index (χ3v) is 6.85. The maximum absolute atomic E-state index is 12.0. The van der Waals surface area contributed by atoms with E-state index in [2.05, 4.69) is 57.3 Å². The van der Waals surface area contributed by atoms with Crippen LogP contribution in [0.5, 0.6) is 0 Å². The molecule has 0 saturated carbocycles. The van der Waals surface area contributed by atoms with Gasteiger partial charge in [-0.1, -0.05) is 17.7 Å². The van der Waals surface area contributed by atoms with Gasteiger partial charge in [-0.25, -0.2) is 5.84 Å². The average molecular weight is 447 g/mol. The lowest BCUT2D eigenvalue weighted by Crippen LogP contribution is -2.63. The number of carbonyl (C=O) groups is 1. The average Bonchev–Trinajstić information content (AvgIpc) is 3.29. The third-order valence-electron chi connectivity index (χ3n) is 6.85. The Kier molecular flexibility index (Phi) is 5.43. The monoisotopic (exact) mass is 446 g/mol. The molecular formula is C24H30N8O. The Balaban J connectivity index is 1.45. The van der Waals surface area contributed by atoms with Gasteiger partial charge in [-0.15, -0.1) is 0 Å². The first-order valence-corrected chi connectivity index (χ1v) is 11.2. The SMILES string of the molecule is Cc1ccc(N2C[C@@H](C(N)=O)CCC2C2=CCN(c3ccc4cn[nH]c4c3)C(N)N2N)cc1. The van der Waals surface area contributed by atoms with Crippen LogP contribution in [-0.2, 0) is 4.79 Å². The molecule has 3 aromatic rings. The number of nitrogens with two attached hydrogens (primary N) is 3. The van der Waals surface area contributed by atoms with E-state index in [1.54, 1.807) is 11.2 Å². The van der Waals surface area contributed by atoms with E-state index in [0.717, 1.165) is 40.8 Å².